The standard InChI is InChI=1S/C25H16S2/c1-15-2-4-16(5-3-15)24-14-22-11-19-9-18-8-17-6-7-26-23(17)12-20(18)10-21(19)13-25(22)27-24/h2-14H,1H3. The summed E-state index contributed by atoms with van der Waals surface area (Å²) in [4.78, 5) is 1.34. The number of rotatable bonds is 1. The van der Waals surface area contributed by atoms with E-state index in [2.05, 4.69) is 85.1 Å². The van der Waals surface area contributed by atoms with Crippen LogP contribution in [0.5, 0.6) is 0 Å². The molecule has 0 aliphatic rings. The summed E-state index contributed by atoms with van der Waals surface area (Å²) in [6.07, 6.45) is 0. The molecule has 2 heteroatoms. The van der Waals surface area contributed by atoms with Gasteiger partial charge in [0.2, 0.25) is 0 Å². The molecule has 6 rings (SSSR count). The van der Waals surface area contributed by atoms with Crippen LogP contribution < -0.4 is 0 Å². The molecule has 0 atom stereocenters. The summed E-state index contributed by atoms with van der Waals surface area (Å²) in [7, 11) is 0. The smallest absolute Gasteiger partial charge is 0.0355 e. The fraction of sp³-hybridized carbons (Fsp3) is 0.0400. The Morgan fingerprint density at radius 2 is 1.19 bits per heavy atom. The van der Waals surface area contributed by atoms with E-state index in [9.17, 15) is 0 Å². The van der Waals surface area contributed by atoms with Gasteiger partial charge in [-0.05, 0) is 98.7 Å². The van der Waals surface area contributed by atoms with Gasteiger partial charge in [-0.15, -0.1) is 22.7 Å². The van der Waals surface area contributed by atoms with E-state index >= 15 is 0 Å². The molecule has 0 radical (unpaired) electrons. The highest BCUT2D eigenvalue weighted by Crippen LogP contribution is 2.37. The number of aryl methyl sites for hydroxylation is 1. The van der Waals surface area contributed by atoms with Gasteiger partial charge in [0.15, 0.2) is 0 Å². The first-order valence-corrected chi connectivity index (χ1v) is 10.8. The molecule has 0 amide bonds. The quantitative estimate of drug-likeness (QED) is 0.251. The van der Waals surface area contributed by atoms with Gasteiger partial charge in [-0.25, -0.2) is 0 Å². The molecule has 6 aromatic rings. The van der Waals surface area contributed by atoms with Crippen molar-refractivity contribution in [3.05, 3.63) is 83.7 Å². The average Bonchev–Trinajstić information content (AvgIpc) is 3.29. The lowest BCUT2D eigenvalue weighted by atomic mass is 10.0. The minimum atomic E-state index is 1.30. The maximum Gasteiger partial charge on any atom is 0.0355 e. The van der Waals surface area contributed by atoms with Gasteiger partial charge in [0, 0.05) is 14.3 Å². The summed E-state index contributed by atoms with van der Waals surface area (Å²) < 4.78 is 2.72. The second kappa shape index (κ2) is 5.66. The average molecular weight is 381 g/mol. The third kappa shape index (κ3) is 2.48. The molecule has 0 N–H and O–H groups in total. The van der Waals surface area contributed by atoms with Crippen LogP contribution in [-0.2, 0) is 0 Å². The number of benzene rings is 4. The molecule has 2 heterocycles. The normalized spacial score (nSPS) is 11.9. The van der Waals surface area contributed by atoms with Crippen molar-refractivity contribution in [1.29, 1.82) is 0 Å². The van der Waals surface area contributed by atoms with Crippen LogP contribution in [0.25, 0.3) is 52.2 Å². The summed E-state index contributed by atoms with van der Waals surface area (Å²) in [6, 6.07) is 27.4. The lowest BCUT2D eigenvalue weighted by molar-refractivity contribution is 1.48. The van der Waals surface area contributed by atoms with Crippen LogP contribution in [0.4, 0.5) is 0 Å². The molecule has 0 unspecified atom stereocenters. The summed E-state index contributed by atoms with van der Waals surface area (Å²) in [5.41, 5.74) is 2.61. The Bertz CT molecular complexity index is 1380. The lowest BCUT2D eigenvalue weighted by Gasteiger charge is -2.04. The molecule has 0 bridgehead atoms. The Hall–Kier alpha value is -2.68. The zero-order valence-corrected chi connectivity index (χ0v) is 16.5. The van der Waals surface area contributed by atoms with Crippen LogP contribution in [0.2, 0.25) is 0 Å². The van der Waals surface area contributed by atoms with Crippen molar-refractivity contribution in [1.82, 2.24) is 0 Å². The number of hydrogen-bond acceptors (Lipinski definition) is 2. The summed E-state index contributed by atoms with van der Waals surface area (Å²) in [6.45, 7) is 2.14. The molecular weight excluding hydrogens is 364 g/mol. The molecule has 0 nitrogen and oxygen atoms in total. The zero-order chi connectivity index (χ0) is 18.0. The van der Waals surface area contributed by atoms with E-state index in [0.717, 1.165) is 0 Å². The molecule has 4 aromatic carbocycles. The molecule has 128 valence electrons. The van der Waals surface area contributed by atoms with Gasteiger partial charge >= 0.3 is 0 Å². The van der Waals surface area contributed by atoms with Gasteiger partial charge in [-0.1, -0.05) is 29.8 Å². The minimum absolute atomic E-state index is 1.30. The topological polar surface area (TPSA) is 0 Å². The van der Waals surface area contributed by atoms with E-state index in [4.69, 9.17) is 0 Å². The van der Waals surface area contributed by atoms with Crippen LogP contribution in [0.3, 0.4) is 0 Å². The summed E-state index contributed by atoms with van der Waals surface area (Å²) >= 11 is 3.70. The van der Waals surface area contributed by atoms with E-state index in [0.29, 0.717) is 0 Å². The number of thiophene rings is 2. The molecule has 0 fully saturated rings. The fourth-order valence-corrected chi connectivity index (χ4v) is 5.78. The first kappa shape index (κ1) is 15.4. The Balaban J connectivity index is 1.59. The number of hydrogen-bond donors (Lipinski definition) is 0. The number of fused-ring (bicyclic) bond motifs is 4. The van der Waals surface area contributed by atoms with Crippen molar-refractivity contribution >= 4 is 64.4 Å². The largest absolute Gasteiger partial charge is 0.144 e. The highest BCUT2D eigenvalue weighted by Gasteiger charge is 2.08. The van der Waals surface area contributed by atoms with E-state index in [-0.39, 0.29) is 0 Å². The van der Waals surface area contributed by atoms with Crippen LogP contribution in [0.15, 0.2) is 78.2 Å². The molecule has 0 saturated heterocycles. The third-order valence-electron chi connectivity index (χ3n) is 5.34. The van der Waals surface area contributed by atoms with Crippen molar-refractivity contribution in [2.24, 2.45) is 0 Å². The Morgan fingerprint density at radius 3 is 1.96 bits per heavy atom. The van der Waals surface area contributed by atoms with Crippen molar-refractivity contribution in [2.75, 3.05) is 0 Å². The Labute approximate surface area is 165 Å². The van der Waals surface area contributed by atoms with Crippen LogP contribution >= 0.6 is 22.7 Å². The molecule has 0 saturated carbocycles. The maximum atomic E-state index is 2.35. The first-order chi connectivity index (χ1) is 13.2. The van der Waals surface area contributed by atoms with E-state index in [1.807, 2.05) is 22.7 Å². The van der Waals surface area contributed by atoms with Crippen LogP contribution in [0.1, 0.15) is 5.56 Å². The van der Waals surface area contributed by atoms with Gasteiger partial charge in [0.1, 0.15) is 0 Å². The van der Waals surface area contributed by atoms with Gasteiger partial charge in [0.25, 0.3) is 0 Å². The van der Waals surface area contributed by atoms with E-state index in [1.54, 1.807) is 0 Å². The van der Waals surface area contributed by atoms with E-state index in [1.165, 1.54) is 57.7 Å². The predicted octanol–water partition coefficient (Wildman–Crippen LogP) is 8.40. The maximum absolute atomic E-state index is 2.35. The Kier molecular flexibility index (Phi) is 3.22. The molecule has 0 aliphatic heterocycles. The lowest BCUT2D eigenvalue weighted by Crippen LogP contribution is -1.77. The molecular formula is C25H16S2. The van der Waals surface area contributed by atoms with Gasteiger partial charge in [0.05, 0.1) is 0 Å². The van der Waals surface area contributed by atoms with Crippen molar-refractivity contribution in [2.45, 2.75) is 6.92 Å². The van der Waals surface area contributed by atoms with Gasteiger partial charge in [-0.2, -0.15) is 0 Å². The van der Waals surface area contributed by atoms with Gasteiger partial charge < -0.3 is 0 Å². The monoisotopic (exact) mass is 380 g/mol. The van der Waals surface area contributed by atoms with Crippen LogP contribution in [-0.4, -0.2) is 0 Å². The third-order valence-corrected chi connectivity index (χ3v) is 7.36. The molecule has 27 heavy (non-hydrogen) atoms. The van der Waals surface area contributed by atoms with Gasteiger partial charge in [-0.3, -0.25) is 0 Å². The highest BCUT2D eigenvalue weighted by atomic mass is 32.1. The first-order valence-electron chi connectivity index (χ1n) is 9.08. The summed E-state index contributed by atoms with van der Waals surface area (Å²) in [5, 5.41) is 10.1. The van der Waals surface area contributed by atoms with E-state index < -0.39 is 0 Å². The Morgan fingerprint density at radius 1 is 0.556 bits per heavy atom. The fourth-order valence-electron chi connectivity index (χ4n) is 3.86. The predicted molar refractivity (Wildman–Crippen MR) is 122 cm³/mol. The molecule has 0 aliphatic carbocycles. The second-order valence-corrected chi connectivity index (χ2v) is 9.26. The molecule has 2 aromatic heterocycles. The van der Waals surface area contributed by atoms with Crippen molar-refractivity contribution in [3.63, 3.8) is 0 Å². The highest BCUT2D eigenvalue weighted by molar-refractivity contribution is 7.22. The summed E-state index contributed by atoms with van der Waals surface area (Å²) in [5.74, 6) is 0. The van der Waals surface area contributed by atoms with Crippen LogP contribution in [0, 0.1) is 6.92 Å². The van der Waals surface area contributed by atoms with Crippen molar-refractivity contribution < 1.29 is 0 Å². The zero-order valence-electron chi connectivity index (χ0n) is 14.8. The SMILES string of the molecule is Cc1ccc(-c2cc3cc4cc5cc6ccsc6cc5cc4cc3s2)cc1. The van der Waals surface area contributed by atoms with Crippen molar-refractivity contribution in [3.8, 4) is 10.4 Å². The second-order valence-electron chi connectivity index (χ2n) is 7.22. The molecule has 0 spiro atoms. The minimum Gasteiger partial charge on any atom is -0.144 e.